The number of hydrogen-bond donors (Lipinski definition) is 4. The summed E-state index contributed by atoms with van der Waals surface area (Å²) in [5.74, 6) is -1.51. The second-order valence-corrected chi connectivity index (χ2v) is 12.2. The number of aromatic nitrogens is 3. The van der Waals surface area contributed by atoms with Crippen LogP contribution < -0.4 is 15.4 Å². The Morgan fingerprint density at radius 3 is 2.62 bits per heavy atom. The Balaban J connectivity index is 1.63. The number of ketones is 1. The topological polar surface area (TPSA) is 174 Å². The first-order valence-electron chi connectivity index (χ1n) is 15.8. The Labute approximate surface area is 287 Å². The molecule has 2 aromatic carbocycles. The van der Waals surface area contributed by atoms with Crippen molar-refractivity contribution in [3.8, 4) is 17.2 Å². The number of aromatic hydroxyl groups is 2. The largest absolute Gasteiger partial charge is 0.507 e. The van der Waals surface area contributed by atoms with Crippen LogP contribution in [0.5, 0.6) is 17.2 Å². The van der Waals surface area contributed by atoms with Gasteiger partial charge in [-0.2, -0.15) is 4.98 Å². The van der Waals surface area contributed by atoms with Gasteiger partial charge >= 0.3 is 5.97 Å². The molecule has 0 saturated heterocycles. The molecule has 2 unspecified atom stereocenters. The first kappa shape index (κ1) is 36.4. The van der Waals surface area contributed by atoms with Gasteiger partial charge in [0.05, 0.1) is 13.2 Å². The maximum absolute atomic E-state index is 13.6. The highest BCUT2D eigenvalue weighted by molar-refractivity contribution is 9.10. The third-order valence-corrected chi connectivity index (χ3v) is 8.27. The van der Waals surface area contributed by atoms with Crippen molar-refractivity contribution < 1.29 is 38.8 Å². The Kier molecular flexibility index (Phi) is 13.4. The number of carbonyl (C=O) groups excluding carboxylic acids is 3. The molecular formula is C34H42BrN5O8. The number of esters is 1. The first-order chi connectivity index (χ1) is 23.1. The van der Waals surface area contributed by atoms with Gasteiger partial charge in [-0.25, -0.2) is 9.48 Å². The van der Waals surface area contributed by atoms with Gasteiger partial charge in [-0.3, -0.25) is 9.59 Å². The van der Waals surface area contributed by atoms with E-state index in [0.717, 1.165) is 0 Å². The smallest absolute Gasteiger partial charge is 0.342 e. The highest BCUT2D eigenvalue weighted by Gasteiger charge is 2.31. The van der Waals surface area contributed by atoms with Crippen molar-refractivity contribution in [2.75, 3.05) is 32.6 Å². The summed E-state index contributed by atoms with van der Waals surface area (Å²) >= 11 is 3.24. The number of ether oxygens (including phenoxy) is 3. The minimum absolute atomic E-state index is 0.0226. The van der Waals surface area contributed by atoms with E-state index in [9.17, 15) is 24.6 Å². The van der Waals surface area contributed by atoms with Crippen LogP contribution in [-0.4, -0.2) is 76.1 Å². The van der Waals surface area contributed by atoms with Crippen molar-refractivity contribution in [2.24, 2.45) is 0 Å². The number of methoxy groups -OCH3 is 2. The van der Waals surface area contributed by atoms with E-state index in [2.05, 4.69) is 36.6 Å². The lowest BCUT2D eigenvalue weighted by molar-refractivity contribution is -0.121. The number of nitrogens with one attached hydrogen (secondary N) is 2. The Hall–Kier alpha value is -4.43. The summed E-state index contributed by atoms with van der Waals surface area (Å²) in [6.45, 7) is 2.48. The number of cyclic esters (lactones) is 1. The third kappa shape index (κ3) is 9.80. The quantitative estimate of drug-likeness (QED) is 0.149. The number of phenols is 2. The molecule has 0 bridgehead atoms. The number of phenolic OH excluding ortho intramolecular Hbond substituents is 2. The number of hydrogen-bond acceptors (Lipinski definition) is 11. The second-order valence-electron chi connectivity index (χ2n) is 11.5. The number of halogens is 1. The van der Waals surface area contributed by atoms with E-state index in [0.29, 0.717) is 67.1 Å². The van der Waals surface area contributed by atoms with Gasteiger partial charge in [0, 0.05) is 50.9 Å². The molecule has 0 spiro atoms. The number of benzene rings is 2. The van der Waals surface area contributed by atoms with Crippen molar-refractivity contribution in [3.63, 3.8) is 0 Å². The van der Waals surface area contributed by atoms with Crippen LogP contribution in [0.25, 0.3) is 6.08 Å². The number of nitrogens with zero attached hydrogens (tertiary/aromatic N) is 3. The number of carbonyl (C=O) groups is 3. The van der Waals surface area contributed by atoms with E-state index < -0.39 is 23.7 Å². The number of anilines is 1. The molecule has 4 N–H and O–H groups in total. The molecule has 1 aromatic heterocycles. The molecule has 1 amide bonds. The van der Waals surface area contributed by atoms with Crippen LogP contribution in [-0.2, 0) is 25.8 Å². The SMILES string of the molecule is COCn1nc(Br)nc1NCCNC(=O)CC(c1ccc(OC)cc1)c1c(O)cc2c(c1O)C(=O)OC(C)CCCC(=O)CCCC=C2. The van der Waals surface area contributed by atoms with E-state index in [4.69, 9.17) is 14.2 Å². The van der Waals surface area contributed by atoms with E-state index in [1.165, 1.54) is 25.0 Å². The minimum Gasteiger partial charge on any atom is -0.507 e. The Bertz CT molecular complexity index is 1610. The summed E-state index contributed by atoms with van der Waals surface area (Å²) in [5, 5.41) is 33.2. The molecule has 3 aromatic rings. The molecule has 14 heteroatoms. The average molecular weight is 729 g/mol. The number of fused-ring (bicyclic) bond motifs is 1. The maximum Gasteiger partial charge on any atom is 0.342 e. The van der Waals surface area contributed by atoms with E-state index >= 15 is 0 Å². The molecule has 0 aliphatic carbocycles. The van der Waals surface area contributed by atoms with Gasteiger partial charge in [0.1, 0.15) is 35.3 Å². The molecular weight excluding hydrogens is 686 g/mol. The minimum atomic E-state index is -0.844. The van der Waals surface area contributed by atoms with Crippen molar-refractivity contribution in [1.29, 1.82) is 0 Å². The van der Waals surface area contributed by atoms with Crippen LogP contribution in [0, 0.1) is 0 Å². The maximum atomic E-state index is 13.6. The van der Waals surface area contributed by atoms with Crippen LogP contribution in [0.1, 0.15) is 84.8 Å². The standard InChI is InChI=1S/C34H42BrN5O8/c1-21-8-7-11-24(41)10-6-4-5-9-23-18-27(42)30(31(44)29(23)32(45)48-21)26(22-12-14-25(47-3)15-13-22)19-28(43)36-16-17-37-34-38-33(35)39-40(34)20-46-2/h5,9,12-15,18,21,26,42,44H,4,6-8,10-11,16-17,19-20H2,1-3H3,(H,36,43)(H,37,38,39). The van der Waals surface area contributed by atoms with Gasteiger partial charge in [0.25, 0.3) is 0 Å². The number of rotatable bonds is 11. The van der Waals surface area contributed by atoms with E-state index in [1.54, 1.807) is 43.3 Å². The third-order valence-electron chi connectivity index (χ3n) is 7.93. The summed E-state index contributed by atoms with van der Waals surface area (Å²) < 4.78 is 18.0. The predicted molar refractivity (Wildman–Crippen MR) is 182 cm³/mol. The van der Waals surface area contributed by atoms with Gasteiger partial charge in [0.2, 0.25) is 16.6 Å². The summed E-state index contributed by atoms with van der Waals surface area (Å²) in [5.41, 5.74) is 0.796. The van der Waals surface area contributed by atoms with Gasteiger partial charge in [0.15, 0.2) is 0 Å². The zero-order chi connectivity index (χ0) is 34.6. The van der Waals surface area contributed by atoms with E-state index in [1.807, 2.05) is 0 Å². The average Bonchev–Trinajstić information content (AvgIpc) is 3.40. The fourth-order valence-corrected chi connectivity index (χ4v) is 5.89. The molecule has 2 atom stereocenters. The lowest BCUT2D eigenvalue weighted by Crippen LogP contribution is -2.30. The molecule has 48 heavy (non-hydrogen) atoms. The zero-order valence-electron chi connectivity index (χ0n) is 27.3. The number of Topliss-reactive ketones (excluding diaryl/α,β-unsaturated/α-hetero) is 1. The summed E-state index contributed by atoms with van der Waals surface area (Å²) in [7, 11) is 3.07. The molecule has 258 valence electrons. The van der Waals surface area contributed by atoms with Gasteiger partial charge in [-0.15, -0.1) is 5.10 Å². The van der Waals surface area contributed by atoms with Gasteiger partial charge < -0.3 is 35.1 Å². The second kappa shape index (κ2) is 17.6. The highest BCUT2D eigenvalue weighted by atomic mass is 79.9. The summed E-state index contributed by atoms with van der Waals surface area (Å²) in [6.07, 6.45) is 5.92. The van der Waals surface area contributed by atoms with Crippen molar-refractivity contribution in [3.05, 3.63) is 63.4 Å². The molecule has 13 nitrogen and oxygen atoms in total. The Morgan fingerprint density at radius 1 is 1.15 bits per heavy atom. The highest BCUT2D eigenvalue weighted by Crippen LogP contribution is 2.44. The van der Waals surface area contributed by atoms with Crippen molar-refractivity contribution >= 4 is 45.6 Å². The van der Waals surface area contributed by atoms with Crippen LogP contribution in [0.4, 0.5) is 5.95 Å². The molecule has 4 rings (SSSR count). The summed E-state index contributed by atoms with van der Waals surface area (Å²) in [6, 6.07) is 8.32. The molecule has 1 aliphatic rings. The molecule has 0 radical (unpaired) electrons. The lowest BCUT2D eigenvalue weighted by atomic mass is 9.84. The fourth-order valence-electron chi connectivity index (χ4n) is 5.53. The number of amides is 1. The summed E-state index contributed by atoms with van der Waals surface area (Å²) in [4.78, 5) is 43.3. The monoisotopic (exact) mass is 727 g/mol. The molecule has 0 fully saturated rings. The molecule has 1 aliphatic heterocycles. The Morgan fingerprint density at radius 2 is 1.90 bits per heavy atom. The van der Waals surface area contributed by atoms with Gasteiger partial charge in [-0.1, -0.05) is 24.3 Å². The molecule has 0 saturated carbocycles. The van der Waals surface area contributed by atoms with Gasteiger partial charge in [-0.05, 0) is 77.9 Å². The number of allylic oxidation sites excluding steroid dienone is 1. The van der Waals surface area contributed by atoms with Crippen LogP contribution in [0.2, 0.25) is 0 Å². The van der Waals surface area contributed by atoms with E-state index in [-0.39, 0.29) is 53.8 Å². The van der Waals surface area contributed by atoms with Crippen molar-refractivity contribution in [1.82, 2.24) is 20.1 Å². The first-order valence-corrected chi connectivity index (χ1v) is 16.6. The van der Waals surface area contributed by atoms with Crippen molar-refractivity contribution in [2.45, 2.75) is 70.6 Å². The fraction of sp³-hybridized carbons (Fsp3) is 0.441. The van der Waals surface area contributed by atoms with Crippen LogP contribution >= 0.6 is 15.9 Å². The lowest BCUT2D eigenvalue weighted by Gasteiger charge is -2.23. The van der Waals surface area contributed by atoms with Crippen LogP contribution in [0.15, 0.2) is 41.1 Å². The van der Waals surface area contributed by atoms with Crippen LogP contribution in [0.3, 0.4) is 0 Å². The zero-order valence-corrected chi connectivity index (χ0v) is 28.9. The molecule has 2 heterocycles. The predicted octanol–water partition coefficient (Wildman–Crippen LogP) is 5.30. The normalized spacial score (nSPS) is 16.4.